The van der Waals surface area contributed by atoms with Crippen LogP contribution in [0.15, 0.2) is 12.1 Å². The van der Waals surface area contributed by atoms with E-state index < -0.39 is 18.1 Å². The molecule has 1 aromatic rings. The van der Waals surface area contributed by atoms with Crippen LogP contribution >= 0.6 is 0 Å². The van der Waals surface area contributed by atoms with Gasteiger partial charge in [-0.2, -0.15) is 0 Å². The Morgan fingerprint density at radius 1 is 1.53 bits per heavy atom. The lowest BCUT2D eigenvalue weighted by molar-refractivity contribution is -0.490. The van der Waals surface area contributed by atoms with Crippen LogP contribution in [0.5, 0.6) is 11.5 Å². The lowest BCUT2D eigenvalue weighted by Crippen LogP contribution is -2.29. The molecule has 0 bridgehead atoms. The highest BCUT2D eigenvalue weighted by Gasteiger charge is 2.42. The third-order valence-corrected chi connectivity index (χ3v) is 2.81. The standard InChI is InChI=1S/C9H8BNO6/c12-10-8-5(7(17-10)3-11(13)14)1-2-6-9(8)16-4-15-6/h1-2,7,12H,3-4H2. The molecule has 1 aromatic carbocycles. The lowest BCUT2D eigenvalue weighted by atomic mass is 9.78. The SMILES string of the molecule is O=[N+]([O-])CC1OB(O)c2c1ccc1c2OCO1. The summed E-state index contributed by atoms with van der Waals surface area (Å²) in [4.78, 5) is 10.0. The zero-order chi connectivity index (χ0) is 12.0. The van der Waals surface area contributed by atoms with E-state index in [2.05, 4.69) is 0 Å². The van der Waals surface area contributed by atoms with Gasteiger partial charge in [0.1, 0.15) is 6.10 Å². The summed E-state index contributed by atoms with van der Waals surface area (Å²) in [6.45, 7) is -0.303. The Kier molecular flexibility index (Phi) is 2.20. The van der Waals surface area contributed by atoms with Crippen LogP contribution in [0.25, 0.3) is 0 Å². The van der Waals surface area contributed by atoms with E-state index in [9.17, 15) is 15.1 Å². The summed E-state index contributed by atoms with van der Waals surface area (Å²) in [5.41, 5.74) is 1.02. The van der Waals surface area contributed by atoms with Crippen molar-refractivity contribution in [1.29, 1.82) is 0 Å². The molecule has 0 spiro atoms. The van der Waals surface area contributed by atoms with E-state index in [1.165, 1.54) is 0 Å². The Hall–Kier alpha value is -1.80. The molecule has 8 heteroatoms. The van der Waals surface area contributed by atoms with Gasteiger partial charge >= 0.3 is 7.12 Å². The predicted octanol–water partition coefficient (Wildman–Crippen LogP) is -0.549. The monoisotopic (exact) mass is 237 g/mol. The summed E-state index contributed by atoms with van der Waals surface area (Å²) in [5, 5.41) is 20.2. The Bertz CT molecular complexity index is 493. The zero-order valence-electron chi connectivity index (χ0n) is 8.66. The van der Waals surface area contributed by atoms with Crippen molar-refractivity contribution in [2.75, 3.05) is 13.3 Å². The van der Waals surface area contributed by atoms with Gasteiger partial charge in [0.05, 0.1) is 0 Å². The fourth-order valence-electron chi connectivity index (χ4n) is 2.12. The smallest absolute Gasteiger partial charge is 0.454 e. The highest BCUT2D eigenvalue weighted by Crippen LogP contribution is 2.36. The molecule has 2 aliphatic rings. The maximum absolute atomic E-state index is 10.5. The van der Waals surface area contributed by atoms with E-state index in [1.54, 1.807) is 12.1 Å². The van der Waals surface area contributed by atoms with Crippen molar-refractivity contribution in [2.45, 2.75) is 6.10 Å². The van der Waals surface area contributed by atoms with Crippen LogP contribution in [0.2, 0.25) is 0 Å². The van der Waals surface area contributed by atoms with E-state index in [0.29, 0.717) is 22.5 Å². The van der Waals surface area contributed by atoms with Crippen LogP contribution in [0, 0.1) is 10.1 Å². The molecule has 1 N–H and O–H groups in total. The molecule has 0 radical (unpaired) electrons. The maximum Gasteiger partial charge on any atom is 0.496 e. The number of hydrogen-bond donors (Lipinski definition) is 1. The first-order valence-corrected chi connectivity index (χ1v) is 5.04. The van der Waals surface area contributed by atoms with Crippen LogP contribution in [0.1, 0.15) is 11.7 Å². The molecule has 0 fully saturated rings. The van der Waals surface area contributed by atoms with Crippen LogP contribution in [-0.2, 0) is 4.65 Å². The molecular formula is C9H8BNO6. The second-order valence-corrected chi connectivity index (χ2v) is 3.79. The summed E-state index contributed by atoms with van der Waals surface area (Å²) in [5.74, 6) is 0.939. The van der Waals surface area contributed by atoms with Crippen molar-refractivity contribution in [3.8, 4) is 11.5 Å². The van der Waals surface area contributed by atoms with E-state index in [0.717, 1.165) is 0 Å². The lowest BCUT2D eigenvalue weighted by Gasteiger charge is -2.06. The van der Waals surface area contributed by atoms with Crippen LogP contribution in [0.4, 0.5) is 0 Å². The number of nitrogens with zero attached hydrogens (tertiary/aromatic N) is 1. The third-order valence-electron chi connectivity index (χ3n) is 2.81. The minimum Gasteiger partial charge on any atom is -0.454 e. The molecule has 0 saturated heterocycles. The number of benzene rings is 1. The Balaban J connectivity index is 2.04. The average molecular weight is 237 g/mol. The molecular weight excluding hydrogens is 229 g/mol. The number of fused-ring (bicyclic) bond motifs is 3. The first-order valence-electron chi connectivity index (χ1n) is 5.04. The second-order valence-electron chi connectivity index (χ2n) is 3.79. The molecule has 0 amide bonds. The zero-order valence-corrected chi connectivity index (χ0v) is 8.66. The number of hydrogen-bond acceptors (Lipinski definition) is 6. The topological polar surface area (TPSA) is 91.1 Å². The van der Waals surface area contributed by atoms with Gasteiger partial charge in [0.25, 0.3) is 0 Å². The van der Waals surface area contributed by atoms with Gasteiger partial charge in [-0.15, -0.1) is 0 Å². The molecule has 2 heterocycles. The molecule has 1 atom stereocenters. The quantitative estimate of drug-likeness (QED) is 0.421. The molecule has 17 heavy (non-hydrogen) atoms. The van der Waals surface area contributed by atoms with E-state index >= 15 is 0 Å². The maximum atomic E-state index is 10.5. The highest BCUT2D eigenvalue weighted by atomic mass is 16.7. The first-order chi connectivity index (χ1) is 8.16. The van der Waals surface area contributed by atoms with Gasteiger partial charge in [-0.25, -0.2) is 0 Å². The van der Waals surface area contributed by atoms with Gasteiger partial charge in [0.2, 0.25) is 13.3 Å². The van der Waals surface area contributed by atoms with Gasteiger partial charge in [0, 0.05) is 10.4 Å². The molecule has 1 unspecified atom stereocenters. The molecule has 3 rings (SSSR count). The third kappa shape index (κ3) is 1.53. The molecule has 0 aliphatic carbocycles. The molecule has 7 nitrogen and oxygen atoms in total. The van der Waals surface area contributed by atoms with Crippen molar-refractivity contribution in [1.82, 2.24) is 0 Å². The normalized spacial score (nSPS) is 20.5. The second kappa shape index (κ2) is 3.61. The van der Waals surface area contributed by atoms with Gasteiger partial charge in [0.15, 0.2) is 11.5 Å². The fourth-order valence-corrected chi connectivity index (χ4v) is 2.12. The van der Waals surface area contributed by atoms with Crippen molar-refractivity contribution < 1.29 is 24.1 Å². The summed E-state index contributed by atoms with van der Waals surface area (Å²) in [6.07, 6.45) is -0.746. The number of rotatable bonds is 2. The summed E-state index contributed by atoms with van der Waals surface area (Å²) < 4.78 is 15.5. The van der Waals surface area contributed by atoms with Crippen molar-refractivity contribution >= 4 is 12.6 Å². The molecule has 0 aromatic heterocycles. The largest absolute Gasteiger partial charge is 0.496 e. The fraction of sp³-hybridized carbons (Fsp3) is 0.333. The summed E-state index contributed by atoms with van der Waals surface area (Å²) in [7, 11) is -1.20. The van der Waals surface area contributed by atoms with Crippen molar-refractivity contribution in [3.05, 3.63) is 27.8 Å². The molecule has 0 saturated carbocycles. The summed E-state index contributed by atoms with van der Waals surface area (Å²) >= 11 is 0. The van der Waals surface area contributed by atoms with E-state index in [1.807, 2.05) is 0 Å². The number of ether oxygens (including phenoxy) is 2. The summed E-state index contributed by atoms with van der Waals surface area (Å²) in [6, 6.07) is 3.32. The van der Waals surface area contributed by atoms with E-state index in [4.69, 9.17) is 14.1 Å². The Labute approximate surface area is 96.2 Å². The van der Waals surface area contributed by atoms with Crippen molar-refractivity contribution in [2.24, 2.45) is 0 Å². The van der Waals surface area contributed by atoms with E-state index in [-0.39, 0.29) is 13.3 Å². The highest BCUT2D eigenvalue weighted by molar-refractivity contribution is 6.63. The van der Waals surface area contributed by atoms with Crippen LogP contribution in [-0.4, -0.2) is 30.4 Å². The van der Waals surface area contributed by atoms with Gasteiger partial charge < -0.3 is 19.2 Å². The minimum absolute atomic E-state index is 0.0818. The van der Waals surface area contributed by atoms with Crippen LogP contribution in [0.3, 0.4) is 0 Å². The Morgan fingerprint density at radius 3 is 3.12 bits per heavy atom. The van der Waals surface area contributed by atoms with Gasteiger partial charge in [-0.1, -0.05) is 6.07 Å². The van der Waals surface area contributed by atoms with Gasteiger partial charge in [-0.3, -0.25) is 10.1 Å². The van der Waals surface area contributed by atoms with Crippen molar-refractivity contribution in [3.63, 3.8) is 0 Å². The first kappa shape index (κ1) is 10.4. The average Bonchev–Trinajstić information content (AvgIpc) is 2.82. The number of nitro groups is 1. The minimum atomic E-state index is -1.20. The molecule has 2 aliphatic heterocycles. The van der Waals surface area contributed by atoms with Gasteiger partial charge in [-0.05, 0) is 11.6 Å². The predicted molar refractivity (Wildman–Crippen MR) is 55.9 cm³/mol. The molecule has 88 valence electrons. The van der Waals surface area contributed by atoms with Crippen LogP contribution < -0.4 is 14.9 Å². The Morgan fingerprint density at radius 2 is 2.35 bits per heavy atom.